The SMILES string of the molecule is CC1CCC([N+](=O)[O-])CC1O.CC1CCC([N+](=O)[O-])CC1O.CC1CCC([N+](=O)[O-])CC1O.CC1CCC([N+](=O)[O-])CC1O. The first-order chi connectivity index (χ1) is 20.4. The Morgan fingerprint density at radius 3 is 0.659 bits per heavy atom. The molecule has 12 unspecified atom stereocenters. The van der Waals surface area contributed by atoms with Crippen LogP contribution < -0.4 is 0 Å². The predicted molar refractivity (Wildman–Crippen MR) is 159 cm³/mol. The Labute approximate surface area is 257 Å². The van der Waals surface area contributed by atoms with Gasteiger partial charge in [-0.2, -0.15) is 0 Å². The molecule has 4 rings (SSSR count). The molecule has 0 amide bonds. The number of nitro groups is 4. The molecule has 16 heteroatoms. The van der Waals surface area contributed by atoms with E-state index in [1.807, 2.05) is 27.7 Å². The fourth-order valence-corrected chi connectivity index (χ4v) is 5.87. The predicted octanol–water partition coefficient (Wildman–Crippen LogP) is 3.25. The Hall–Kier alpha value is -2.56. The number of aliphatic hydroxyl groups excluding tert-OH is 4. The zero-order valence-electron chi connectivity index (χ0n) is 26.3. The van der Waals surface area contributed by atoms with Crippen LogP contribution in [-0.2, 0) is 0 Å². The molecule has 16 nitrogen and oxygen atoms in total. The molecule has 0 heterocycles. The second-order valence-electron chi connectivity index (χ2n) is 13.2. The third kappa shape index (κ3) is 13.6. The molecule has 0 aromatic heterocycles. The van der Waals surface area contributed by atoms with Gasteiger partial charge in [-0.1, -0.05) is 27.7 Å². The van der Waals surface area contributed by atoms with Gasteiger partial charge < -0.3 is 20.4 Å². The molecule has 0 saturated heterocycles. The molecule has 12 atom stereocenters. The highest BCUT2D eigenvalue weighted by atomic mass is 16.6. The van der Waals surface area contributed by atoms with E-state index in [0.29, 0.717) is 51.4 Å². The van der Waals surface area contributed by atoms with Crippen LogP contribution in [0.15, 0.2) is 0 Å². The molecule has 4 fully saturated rings. The maximum absolute atomic E-state index is 10.3. The summed E-state index contributed by atoms with van der Waals surface area (Å²) in [7, 11) is 0. The molecule has 0 aromatic carbocycles. The fourth-order valence-electron chi connectivity index (χ4n) is 5.87. The molecular weight excluding hydrogens is 584 g/mol. The summed E-state index contributed by atoms with van der Waals surface area (Å²) in [5, 5.41) is 78.4. The topological polar surface area (TPSA) is 253 Å². The van der Waals surface area contributed by atoms with Crippen molar-refractivity contribution in [2.75, 3.05) is 0 Å². The van der Waals surface area contributed by atoms with Crippen LogP contribution in [0.25, 0.3) is 0 Å². The van der Waals surface area contributed by atoms with E-state index in [1.54, 1.807) is 0 Å². The Morgan fingerprint density at radius 2 is 0.545 bits per heavy atom. The molecule has 4 N–H and O–H groups in total. The van der Waals surface area contributed by atoms with Crippen molar-refractivity contribution >= 4 is 0 Å². The monoisotopic (exact) mass is 636 g/mol. The number of nitrogens with zero attached hydrogens (tertiary/aromatic N) is 4. The molecule has 4 aliphatic carbocycles. The molecule has 0 radical (unpaired) electrons. The van der Waals surface area contributed by atoms with Crippen molar-refractivity contribution in [3.05, 3.63) is 40.5 Å². The van der Waals surface area contributed by atoms with Crippen molar-refractivity contribution in [3.63, 3.8) is 0 Å². The van der Waals surface area contributed by atoms with Crippen LogP contribution in [0, 0.1) is 64.1 Å². The van der Waals surface area contributed by atoms with Gasteiger partial charge in [-0.05, 0) is 49.4 Å². The highest BCUT2D eigenvalue weighted by molar-refractivity contribution is 4.79. The van der Waals surface area contributed by atoms with Gasteiger partial charge >= 0.3 is 0 Å². The van der Waals surface area contributed by atoms with Crippen molar-refractivity contribution in [1.82, 2.24) is 0 Å². The van der Waals surface area contributed by atoms with Gasteiger partial charge in [-0.25, -0.2) is 0 Å². The zero-order valence-corrected chi connectivity index (χ0v) is 26.3. The molecule has 0 aromatic rings. The van der Waals surface area contributed by atoms with Gasteiger partial charge in [0.05, 0.1) is 24.4 Å². The van der Waals surface area contributed by atoms with Crippen LogP contribution in [0.4, 0.5) is 0 Å². The Morgan fingerprint density at radius 1 is 0.386 bits per heavy atom. The van der Waals surface area contributed by atoms with E-state index in [9.17, 15) is 60.9 Å². The summed E-state index contributed by atoms with van der Waals surface area (Å²) in [6.45, 7) is 7.73. The summed E-state index contributed by atoms with van der Waals surface area (Å²) in [4.78, 5) is 40.1. The molecular formula is C28H52N4O12. The molecule has 0 bridgehead atoms. The number of hydrogen-bond donors (Lipinski definition) is 4. The van der Waals surface area contributed by atoms with E-state index < -0.39 is 48.6 Å². The maximum Gasteiger partial charge on any atom is 0.215 e. The third-order valence-corrected chi connectivity index (χ3v) is 9.70. The van der Waals surface area contributed by atoms with Crippen LogP contribution in [0.1, 0.15) is 105 Å². The fraction of sp³-hybridized carbons (Fsp3) is 1.00. The minimum atomic E-state index is -0.513. The third-order valence-electron chi connectivity index (χ3n) is 9.70. The smallest absolute Gasteiger partial charge is 0.215 e. The van der Waals surface area contributed by atoms with E-state index in [-0.39, 0.29) is 43.4 Å². The van der Waals surface area contributed by atoms with E-state index in [0.717, 1.165) is 25.7 Å². The standard InChI is InChI=1S/4C7H13NO3/c4*1-5-2-3-6(8(10)11)4-7(5)9/h4*5-7,9H,2-4H2,1H3. The van der Waals surface area contributed by atoms with Gasteiger partial charge in [0.25, 0.3) is 0 Å². The Kier molecular flexibility index (Phi) is 17.1. The largest absolute Gasteiger partial charge is 0.393 e. The van der Waals surface area contributed by atoms with Crippen LogP contribution >= 0.6 is 0 Å². The average Bonchev–Trinajstić information content (AvgIpc) is 2.95. The summed E-state index contributed by atoms with van der Waals surface area (Å²) in [5.74, 6) is 0.912. The minimum absolute atomic E-state index is 0.228. The highest BCUT2D eigenvalue weighted by Gasteiger charge is 2.35. The molecule has 0 spiro atoms. The van der Waals surface area contributed by atoms with Gasteiger partial charge in [0, 0.05) is 71.1 Å². The second-order valence-corrected chi connectivity index (χ2v) is 13.2. The summed E-state index contributed by atoms with van der Waals surface area (Å²) in [6, 6.07) is -2.05. The van der Waals surface area contributed by atoms with E-state index in [1.165, 1.54) is 0 Å². The van der Waals surface area contributed by atoms with Crippen LogP contribution in [0.5, 0.6) is 0 Å². The lowest BCUT2D eigenvalue weighted by Gasteiger charge is -2.25. The molecule has 44 heavy (non-hydrogen) atoms. The van der Waals surface area contributed by atoms with Crippen LogP contribution in [-0.4, -0.2) is 88.7 Å². The number of hydrogen-bond acceptors (Lipinski definition) is 12. The summed E-state index contributed by atoms with van der Waals surface area (Å²) < 4.78 is 0. The van der Waals surface area contributed by atoms with Crippen molar-refractivity contribution in [3.8, 4) is 0 Å². The van der Waals surface area contributed by atoms with Gasteiger partial charge in [-0.3, -0.25) is 40.5 Å². The van der Waals surface area contributed by atoms with Gasteiger partial charge in [0.2, 0.25) is 24.2 Å². The molecule has 4 saturated carbocycles. The zero-order chi connectivity index (χ0) is 33.7. The van der Waals surface area contributed by atoms with Crippen molar-refractivity contribution < 1.29 is 40.1 Å². The van der Waals surface area contributed by atoms with Crippen molar-refractivity contribution in [2.45, 2.75) is 153 Å². The Bertz CT molecular complexity index is 783. The van der Waals surface area contributed by atoms with Gasteiger partial charge in [0.1, 0.15) is 0 Å². The lowest BCUT2D eigenvalue weighted by molar-refractivity contribution is -0.529. The molecule has 256 valence electrons. The van der Waals surface area contributed by atoms with Crippen molar-refractivity contribution in [1.29, 1.82) is 0 Å². The highest BCUT2D eigenvalue weighted by Crippen LogP contribution is 2.28. The first kappa shape index (κ1) is 39.5. The summed E-state index contributed by atoms with van der Waals surface area (Å²) in [5.41, 5.74) is 0. The summed E-state index contributed by atoms with van der Waals surface area (Å²) >= 11 is 0. The first-order valence-corrected chi connectivity index (χ1v) is 15.7. The quantitative estimate of drug-likeness (QED) is 0.256. The van der Waals surface area contributed by atoms with E-state index in [4.69, 9.17) is 0 Å². The van der Waals surface area contributed by atoms with Gasteiger partial charge in [-0.15, -0.1) is 0 Å². The maximum atomic E-state index is 10.3. The lowest BCUT2D eigenvalue weighted by Crippen LogP contribution is -2.34. The average molecular weight is 637 g/mol. The normalized spacial score (nSPS) is 38.5. The van der Waals surface area contributed by atoms with Crippen molar-refractivity contribution in [2.24, 2.45) is 23.7 Å². The number of aliphatic hydroxyl groups is 4. The lowest BCUT2D eigenvalue weighted by atomic mass is 9.85. The second kappa shape index (κ2) is 19.1. The summed E-state index contributed by atoms with van der Waals surface area (Å²) in [6.07, 6.45) is 4.97. The molecule has 0 aliphatic heterocycles. The first-order valence-electron chi connectivity index (χ1n) is 15.7. The van der Waals surface area contributed by atoms with Crippen LogP contribution in [0.2, 0.25) is 0 Å². The van der Waals surface area contributed by atoms with Gasteiger partial charge in [0.15, 0.2) is 0 Å². The van der Waals surface area contributed by atoms with Crippen LogP contribution in [0.3, 0.4) is 0 Å². The molecule has 4 aliphatic rings. The number of rotatable bonds is 4. The Balaban J connectivity index is 0.000000293. The minimum Gasteiger partial charge on any atom is -0.393 e. The van der Waals surface area contributed by atoms with E-state index >= 15 is 0 Å². The van der Waals surface area contributed by atoms with E-state index in [2.05, 4.69) is 0 Å².